The molecule has 0 aliphatic rings. The highest BCUT2D eigenvalue weighted by Gasteiger charge is 2.08. The van der Waals surface area contributed by atoms with Gasteiger partial charge in [0.05, 0.1) is 6.42 Å². The Bertz CT molecular complexity index is 280. The van der Waals surface area contributed by atoms with Gasteiger partial charge in [-0.1, -0.05) is 0 Å². The average molecular weight is 195 g/mol. The molecule has 12 heavy (non-hydrogen) atoms. The van der Waals surface area contributed by atoms with Crippen LogP contribution in [0, 0.1) is 0 Å². The third-order valence-electron chi connectivity index (χ3n) is 0.861. The summed E-state index contributed by atoms with van der Waals surface area (Å²) in [5, 5.41) is 1.86. The van der Waals surface area contributed by atoms with Crippen molar-refractivity contribution in [3.05, 3.63) is 0 Å². The van der Waals surface area contributed by atoms with Crippen molar-refractivity contribution in [2.45, 2.75) is 13.3 Å². The predicted molar refractivity (Wildman–Crippen MR) is 39.9 cm³/mol. The first kappa shape index (κ1) is 11.1. The summed E-state index contributed by atoms with van der Waals surface area (Å²) in [5.41, 5.74) is 0. The van der Waals surface area contributed by atoms with Crippen molar-refractivity contribution in [3.63, 3.8) is 0 Å². The molecule has 7 heteroatoms. The fraction of sp³-hybridized carbons (Fsp3) is 0.600. The Balaban J connectivity index is 3.81. The standard InChI is InChI=1S/C5H9NO5S/c1-4(7)2-5(8)6-3-12(9,10)11/h2-3H2,1H3,(H,6,8)(H,9,10,11). The zero-order chi connectivity index (χ0) is 9.78. The van der Waals surface area contributed by atoms with Crippen LogP contribution in [0.1, 0.15) is 13.3 Å². The number of rotatable bonds is 4. The van der Waals surface area contributed by atoms with Gasteiger partial charge in [0.15, 0.2) is 0 Å². The van der Waals surface area contributed by atoms with Gasteiger partial charge in [0.1, 0.15) is 11.7 Å². The molecular formula is C5H9NO5S. The van der Waals surface area contributed by atoms with E-state index in [0.29, 0.717) is 0 Å². The van der Waals surface area contributed by atoms with Gasteiger partial charge in [-0.2, -0.15) is 8.42 Å². The Morgan fingerprint density at radius 1 is 1.42 bits per heavy atom. The summed E-state index contributed by atoms with van der Waals surface area (Å²) in [6, 6.07) is 0. The first-order valence-electron chi connectivity index (χ1n) is 3.02. The topological polar surface area (TPSA) is 101 Å². The third-order valence-corrected chi connectivity index (χ3v) is 1.37. The lowest BCUT2D eigenvalue weighted by atomic mass is 10.3. The number of Topliss-reactive ketones (excluding diaryl/α,β-unsaturated/α-hetero) is 1. The van der Waals surface area contributed by atoms with Gasteiger partial charge in [0.2, 0.25) is 5.91 Å². The van der Waals surface area contributed by atoms with Crippen LogP contribution in [-0.2, 0) is 19.7 Å². The van der Waals surface area contributed by atoms with Crippen molar-refractivity contribution in [3.8, 4) is 0 Å². The van der Waals surface area contributed by atoms with E-state index >= 15 is 0 Å². The fourth-order valence-electron chi connectivity index (χ4n) is 0.460. The van der Waals surface area contributed by atoms with Crippen molar-refractivity contribution in [1.82, 2.24) is 5.32 Å². The summed E-state index contributed by atoms with van der Waals surface area (Å²) < 4.78 is 28.3. The molecule has 0 saturated heterocycles. The molecule has 0 bridgehead atoms. The maximum absolute atomic E-state index is 10.6. The molecule has 6 nitrogen and oxygen atoms in total. The number of ketones is 1. The summed E-state index contributed by atoms with van der Waals surface area (Å²) in [4.78, 5) is 20.9. The van der Waals surface area contributed by atoms with Crippen molar-refractivity contribution in [2.24, 2.45) is 0 Å². The van der Waals surface area contributed by atoms with Crippen molar-refractivity contribution < 1.29 is 22.6 Å². The third kappa shape index (κ3) is 7.16. The van der Waals surface area contributed by atoms with Gasteiger partial charge < -0.3 is 5.32 Å². The smallest absolute Gasteiger partial charge is 0.283 e. The Hall–Kier alpha value is -0.950. The molecule has 0 aromatic heterocycles. The molecular weight excluding hydrogens is 186 g/mol. The second-order valence-corrected chi connectivity index (χ2v) is 3.66. The number of amides is 1. The van der Waals surface area contributed by atoms with Crippen LogP contribution in [-0.4, -0.2) is 30.5 Å². The number of nitrogens with one attached hydrogen (secondary N) is 1. The van der Waals surface area contributed by atoms with E-state index in [9.17, 15) is 18.0 Å². The zero-order valence-corrected chi connectivity index (χ0v) is 7.22. The first-order valence-corrected chi connectivity index (χ1v) is 4.63. The lowest BCUT2D eigenvalue weighted by Crippen LogP contribution is -2.30. The summed E-state index contributed by atoms with van der Waals surface area (Å²) >= 11 is 0. The fourth-order valence-corrected chi connectivity index (χ4v) is 0.804. The summed E-state index contributed by atoms with van der Waals surface area (Å²) in [6.45, 7) is 1.20. The largest absolute Gasteiger partial charge is 0.340 e. The Morgan fingerprint density at radius 2 is 1.92 bits per heavy atom. The monoisotopic (exact) mass is 195 g/mol. The summed E-state index contributed by atoms with van der Waals surface area (Å²) in [6.07, 6.45) is -0.379. The molecule has 0 heterocycles. The Morgan fingerprint density at radius 3 is 2.25 bits per heavy atom. The van der Waals surface area contributed by atoms with Gasteiger partial charge in [-0.3, -0.25) is 14.1 Å². The molecule has 0 aromatic rings. The minimum absolute atomic E-state index is 0.372. The molecule has 0 fully saturated rings. The molecule has 0 atom stereocenters. The Labute approximate surface area is 69.7 Å². The highest BCUT2D eigenvalue weighted by molar-refractivity contribution is 7.85. The van der Waals surface area contributed by atoms with E-state index in [1.165, 1.54) is 6.92 Å². The van der Waals surface area contributed by atoms with E-state index < -0.39 is 21.9 Å². The minimum atomic E-state index is -4.20. The van der Waals surface area contributed by atoms with Crippen LogP contribution in [0.5, 0.6) is 0 Å². The summed E-state index contributed by atoms with van der Waals surface area (Å²) in [5.74, 6) is -1.96. The number of carbonyl (C=O) groups is 2. The maximum Gasteiger partial charge on any atom is 0.283 e. The van der Waals surface area contributed by atoms with E-state index in [1.807, 2.05) is 5.32 Å². The van der Waals surface area contributed by atoms with Crippen LogP contribution in [0.15, 0.2) is 0 Å². The molecule has 2 N–H and O–H groups in total. The number of carbonyl (C=O) groups excluding carboxylic acids is 2. The van der Waals surface area contributed by atoms with Gasteiger partial charge >= 0.3 is 0 Å². The normalized spacial score (nSPS) is 10.8. The van der Waals surface area contributed by atoms with Gasteiger partial charge in [0.25, 0.3) is 10.1 Å². The molecule has 70 valence electrons. The molecule has 0 saturated carbocycles. The van der Waals surface area contributed by atoms with Crippen LogP contribution in [0.2, 0.25) is 0 Å². The van der Waals surface area contributed by atoms with E-state index in [-0.39, 0.29) is 12.2 Å². The second kappa shape index (κ2) is 4.17. The molecule has 0 spiro atoms. The van der Waals surface area contributed by atoms with Crippen LogP contribution in [0.4, 0.5) is 0 Å². The molecule has 1 amide bonds. The number of hydrogen-bond donors (Lipinski definition) is 2. The van der Waals surface area contributed by atoms with Crippen LogP contribution in [0.25, 0.3) is 0 Å². The van der Waals surface area contributed by atoms with Gasteiger partial charge in [-0.05, 0) is 6.92 Å². The quantitative estimate of drug-likeness (QED) is 0.439. The van der Waals surface area contributed by atoms with Crippen LogP contribution in [0.3, 0.4) is 0 Å². The van der Waals surface area contributed by atoms with E-state index in [0.717, 1.165) is 0 Å². The highest BCUT2D eigenvalue weighted by Crippen LogP contribution is 1.83. The zero-order valence-electron chi connectivity index (χ0n) is 6.40. The summed E-state index contributed by atoms with van der Waals surface area (Å²) in [7, 11) is -4.20. The molecule has 0 aromatic carbocycles. The minimum Gasteiger partial charge on any atom is -0.340 e. The molecule has 0 rings (SSSR count). The lowest BCUT2D eigenvalue weighted by Gasteiger charge is -1.99. The lowest BCUT2D eigenvalue weighted by molar-refractivity contribution is -0.126. The SMILES string of the molecule is CC(=O)CC(=O)NCS(=O)(=O)O. The molecule has 0 unspecified atom stereocenters. The molecule has 0 radical (unpaired) electrons. The second-order valence-electron chi connectivity index (χ2n) is 2.20. The van der Waals surface area contributed by atoms with Gasteiger partial charge in [0, 0.05) is 0 Å². The number of hydrogen-bond acceptors (Lipinski definition) is 4. The van der Waals surface area contributed by atoms with E-state index in [1.54, 1.807) is 0 Å². The van der Waals surface area contributed by atoms with Crippen molar-refractivity contribution in [2.75, 3.05) is 5.88 Å². The highest BCUT2D eigenvalue weighted by atomic mass is 32.2. The average Bonchev–Trinajstić information content (AvgIpc) is 1.80. The van der Waals surface area contributed by atoms with Gasteiger partial charge in [-0.25, -0.2) is 0 Å². The maximum atomic E-state index is 10.6. The van der Waals surface area contributed by atoms with Crippen molar-refractivity contribution >= 4 is 21.8 Å². The Kier molecular flexibility index (Phi) is 3.84. The first-order chi connectivity index (χ1) is 5.31. The molecule has 0 aliphatic heterocycles. The van der Waals surface area contributed by atoms with E-state index in [2.05, 4.69) is 0 Å². The van der Waals surface area contributed by atoms with Crippen LogP contribution >= 0.6 is 0 Å². The molecule has 0 aliphatic carbocycles. The predicted octanol–water partition coefficient (Wildman–Crippen LogP) is -1.07. The van der Waals surface area contributed by atoms with E-state index in [4.69, 9.17) is 4.55 Å². The van der Waals surface area contributed by atoms with Gasteiger partial charge in [-0.15, -0.1) is 0 Å². The van der Waals surface area contributed by atoms with Crippen molar-refractivity contribution in [1.29, 1.82) is 0 Å². The van der Waals surface area contributed by atoms with Crippen LogP contribution < -0.4 is 5.32 Å².